The number of amides is 1. The van der Waals surface area contributed by atoms with Crippen molar-refractivity contribution in [1.82, 2.24) is 20.1 Å². The molecule has 0 bridgehead atoms. The maximum atomic E-state index is 12.0. The SMILES string of the molecule is C=CCn1c(SCC(=O)NC(C)COC)nnc1-c1cccc(C)c1. The number of aromatic nitrogens is 3. The van der Waals surface area contributed by atoms with E-state index < -0.39 is 0 Å². The van der Waals surface area contributed by atoms with Crippen molar-refractivity contribution in [2.75, 3.05) is 19.5 Å². The third-order valence-electron chi connectivity index (χ3n) is 3.46. The smallest absolute Gasteiger partial charge is 0.230 e. The van der Waals surface area contributed by atoms with Crippen molar-refractivity contribution in [3.8, 4) is 11.4 Å². The van der Waals surface area contributed by atoms with Crippen LogP contribution in [-0.4, -0.2) is 46.2 Å². The molecule has 1 atom stereocenters. The Kier molecular flexibility index (Phi) is 7.21. The average Bonchev–Trinajstić information content (AvgIpc) is 2.96. The highest BCUT2D eigenvalue weighted by atomic mass is 32.2. The van der Waals surface area contributed by atoms with Crippen LogP contribution in [0, 0.1) is 6.92 Å². The monoisotopic (exact) mass is 360 g/mol. The molecule has 1 heterocycles. The fourth-order valence-electron chi connectivity index (χ4n) is 2.43. The highest BCUT2D eigenvalue weighted by Gasteiger charge is 2.15. The highest BCUT2D eigenvalue weighted by molar-refractivity contribution is 7.99. The van der Waals surface area contributed by atoms with Gasteiger partial charge in [-0.1, -0.05) is 41.6 Å². The summed E-state index contributed by atoms with van der Waals surface area (Å²) < 4.78 is 6.99. The van der Waals surface area contributed by atoms with E-state index in [1.54, 1.807) is 13.2 Å². The van der Waals surface area contributed by atoms with Crippen LogP contribution in [0.2, 0.25) is 0 Å². The van der Waals surface area contributed by atoms with Crippen LogP contribution in [0.3, 0.4) is 0 Å². The quantitative estimate of drug-likeness (QED) is 0.550. The molecule has 0 aliphatic heterocycles. The fourth-order valence-corrected chi connectivity index (χ4v) is 3.18. The minimum Gasteiger partial charge on any atom is -0.383 e. The molecule has 0 spiro atoms. The van der Waals surface area contributed by atoms with Crippen LogP contribution in [0.1, 0.15) is 12.5 Å². The Morgan fingerprint density at radius 1 is 1.48 bits per heavy atom. The number of nitrogens with zero attached hydrogens (tertiary/aromatic N) is 3. The number of thioether (sulfide) groups is 1. The maximum Gasteiger partial charge on any atom is 0.230 e. The van der Waals surface area contributed by atoms with Crippen LogP contribution in [0.15, 0.2) is 42.1 Å². The Labute approximate surface area is 152 Å². The van der Waals surface area contributed by atoms with Gasteiger partial charge in [0, 0.05) is 25.3 Å². The van der Waals surface area contributed by atoms with Gasteiger partial charge in [-0.05, 0) is 19.9 Å². The number of rotatable bonds is 9. The summed E-state index contributed by atoms with van der Waals surface area (Å²) in [6, 6.07) is 8.09. The standard InChI is InChI=1S/C18H24N4O2S/c1-5-9-22-17(15-8-6-7-13(2)10-15)20-21-18(22)25-12-16(23)19-14(3)11-24-4/h5-8,10,14H,1,9,11-12H2,2-4H3,(H,19,23). The molecular formula is C18H24N4O2S. The van der Waals surface area contributed by atoms with Crippen LogP contribution < -0.4 is 5.32 Å². The molecule has 25 heavy (non-hydrogen) atoms. The van der Waals surface area contributed by atoms with Crippen molar-refractivity contribution >= 4 is 17.7 Å². The lowest BCUT2D eigenvalue weighted by Gasteiger charge is -2.12. The summed E-state index contributed by atoms with van der Waals surface area (Å²) in [7, 11) is 1.61. The summed E-state index contributed by atoms with van der Waals surface area (Å²) in [4.78, 5) is 12.0. The second kappa shape index (κ2) is 9.39. The van der Waals surface area contributed by atoms with Crippen LogP contribution >= 0.6 is 11.8 Å². The lowest BCUT2D eigenvalue weighted by atomic mass is 10.1. The first-order valence-electron chi connectivity index (χ1n) is 8.07. The zero-order valence-corrected chi connectivity index (χ0v) is 15.7. The van der Waals surface area contributed by atoms with Gasteiger partial charge in [0.1, 0.15) is 0 Å². The molecule has 7 heteroatoms. The Morgan fingerprint density at radius 2 is 2.28 bits per heavy atom. The molecule has 2 rings (SSSR count). The lowest BCUT2D eigenvalue weighted by Crippen LogP contribution is -2.36. The van der Waals surface area contributed by atoms with Crippen molar-refractivity contribution in [2.45, 2.75) is 31.6 Å². The van der Waals surface area contributed by atoms with Crippen LogP contribution in [0.5, 0.6) is 0 Å². The first kappa shape index (κ1) is 19.2. The largest absolute Gasteiger partial charge is 0.383 e. The van der Waals surface area contributed by atoms with E-state index in [1.165, 1.54) is 11.8 Å². The molecule has 0 aliphatic rings. The molecule has 6 nitrogen and oxygen atoms in total. The zero-order valence-electron chi connectivity index (χ0n) is 14.9. The Bertz CT molecular complexity index is 730. The first-order valence-corrected chi connectivity index (χ1v) is 9.06. The van der Waals surface area contributed by atoms with E-state index in [1.807, 2.05) is 36.6 Å². The van der Waals surface area contributed by atoms with Crippen molar-refractivity contribution in [3.63, 3.8) is 0 Å². The number of aryl methyl sites for hydroxylation is 1. The summed E-state index contributed by atoms with van der Waals surface area (Å²) in [5.74, 6) is 0.996. The number of allylic oxidation sites excluding steroid dienone is 1. The molecule has 0 aliphatic carbocycles. The highest BCUT2D eigenvalue weighted by Crippen LogP contribution is 2.24. The molecule has 0 radical (unpaired) electrons. The van der Waals surface area contributed by atoms with Crippen molar-refractivity contribution in [2.24, 2.45) is 0 Å². The number of ether oxygens (including phenoxy) is 1. The summed E-state index contributed by atoms with van der Waals surface area (Å²) in [5, 5.41) is 12.1. The Balaban J connectivity index is 2.11. The second-order valence-electron chi connectivity index (χ2n) is 5.79. The van der Waals surface area contributed by atoms with Gasteiger partial charge >= 0.3 is 0 Å². The molecular weight excluding hydrogens is 336 g/mol. The van der Waals surface area contributed by atoms with E-state index in [0.717, 1.165) is 17.0 Å². The molecule has 1 amide bonds. The normalized spacial score (nSPS) is 12.0. The summed E-state index contributed by atoms with van der Waals surface area (Å²) in [6.45, 7) is 8.82. The van der Waals surface area contributed by atoms with Crippen LogP contribution in [0.4, 0.5) is 0 Å². The fraction of sp³-hybridized carbons (Fsp3) is 0.389. The predicted molar refractivity (Wildman–Crippen MR) is 101 cm³/mol. The zero-order chi connectivity index (χ0) is 18.2. The molecule has 1 unspecified atom stereocenters. The third kappa shape index (κ3) is 5.44. The van der Waals surface area contributed by atoms with E-state index in [-0.39, 0.29) is 17.7 Å². The number of carbonyl (C=O) groups excluding carboxylic acids is 1. The number of hydrogen-bond donors (Lipinski definition) is 1. The van der Waals surface area contributed by atoms with Gasteiger partial charge in [0.25, 0.3) is 0 Å². The van der Waals surface area contributed by atoms with Gasteiger partial charge in [-0.2, -0.15) is 0 Å². The summed E-state index contributed by atoms with van der Waals surface area (Å²) >= 11 is 1.36. The van der Waals surface area contributed by atoms with E-state index in [2.05, 4.69) is 28.2 Å². The summed E-state index contributed by atoms with van der Waals surface area (Å²) in [6.07, 6.45) is 1.80. The number of methoxy groups -OCH3 is 1. The molecule has 0 saturated heterocycles. The molecule has 0 saturated carbocycles. The van der Waals surface area contributed by atoms with E-state index in [0.29, 0.717) is 18.3 Å². The van der Waals surface area contributed by atoms with Crippen molar-refractivity contribution in [3.05, 3.63) is 42.5 Å². The molecule has 1 aromatic heterocycles. The van der Waals surface area contributed by atoms with Gasteiger partial charge in [0.15, 0.2) is 11.0 Å². The molecule has 1 aromatic carbocycles. The predicted octanol–water partition coefficient (Wildman–Crippen LogP) is 2.68. The van der Waals surface area contributed by atoms with E-state index in [4.69, 9.17) is 4.74 Å². The van der Waals surface area contributed by atoms with Gasteiger partial charge in [0.2, 0.25) is 5.91 Å². The van der Waals surface area contributed by atoms with Crippen molar-refractivity contribution < 1.29 is 9.53 Å². The van der Waals surface area contributed by atoms with E-state index in [9.17, 15) is 4.79 Å². The van der Waals surface area contributed by atoms with Crippen molar-refractivity contribution in [1.29, 1.82) is 0 Å². The minimum atomic E-state index is -0.0557. The van der Waals surface area contributed by atoms with Gasteiger partial charge in [-0.3, -0.25) is 9.36 Å². The molecule has 134 valence electrons. The van der Waals surface area contributed by atoms with Gasteiger partial charge < -0.3 is 10.1 Å². The summed E-state index contributed by atoms with van der Waals surface area (Å²) in [5.41, 5.74) is 2.16. The lowest BCUT2D eigenvalue weighted by molar-refractivity contribution is -0.119. The van der Waals surface area contributed by atoms with Crippen LogP contribution in [0.25, 0.3) is 11.4 Å². The second-order valence-corrected chi connectivity index (χ2v) is 6.73. The number of hydrogen-bond acceptors (Lipinski definition) is 5. The Morgan fingerprint density at radius 3 is 2.96 bits per heavy atom. The topological polar surface area (TPSA) is 69.0 Å². The Hall–Kier alpha value is -2.12. The third-order valence-corrected chi connectivity index (χ3v) is 4.43. The molecule has 1 N–H and O–H groups in total. The van der Waals surface area contributed by atoms with Crippen LogP contribution in [-0.2, 0) is 16.1 Å². The maximum absolute atomic E-state index is 12.0. The molecule has 2 aromatic rings. The number of benzene rings is 1. The first-order chi connectivity index (χ1) is 12.0. The molecule has 0 fully saturated rings. The van der Waals surface area contributed by atoms with Gasteiger partial charge in [-0.15, -0.1) is 16.8 Å². The average molecular weight is 360 g/mol. The van der Waals surface area contributed by atoms with E-state index >= 15 is 0 Å². The van der Waals surface area contributed by atoms with Gasteiger partial charge in [-0.25, -0.2) is 0 Å². The van der Waals surface area contributed by atoms with Gasteiger partial charge in [0.05, 0.1) is 12.4 Å². The minimum absolute atomic E-state index is 0.0213. The number of nitrogens with one attached hydrogen (secondary N) is 1. The number of carbonyl (C=O) groups is 1.